The number of fused-ring (bicyclic) bond motifs is 2. The second-order valence-electron chi connectivity index (χ2n) is 8.53. The summed E-state index contributed by atoms with van der Waals surface area (Å²) in [4.78, 5) is 0. The van der Waals surface area contributed by atoms with Gasteiger partial charge in [-0.15, -0.1) is 0 Å². The lowest BCUT2D eigenvalue weighted by Crippen LogP contribution is -2.46. The first-order chi connectivity index (χ1) is 10.3. The monoisotopic (exact) mass is 302 g/mol. The van der Waals surface area contributed by atoms with Gasteiger partial charge in [-0.3, -0.25) is 0 Å². The summed E-state index contributed by atoms with van der Waals surface area (Å²) in [6.45, 7) is 11.3. The van der Waals surface area contributed by atoms with Crippen molar-refractivity contribution in [1.29, 1.82) is 0 Å². The second-order valence-corrected chi connectivity index (χ2v) is 8.53. The molecule has 0 radical (unpaired) electrons. The topological polar surface area (TPSA) is 29.5 Å². The molecule has 122 valence electrons. The van der Waals surface area contributed by atoms with E-state index in [0.29, 0.717) is 17.6 Å². The van der Waals surface area contributed by atoms with E-state index in [9.17, 15) is 5.11 Å². The molecule has 2 heteroatoms. The predicted octanol–water partition coefficient (Wildman–Crippen LogP) is 5.43. The molecule has 1 saturated carbocycles. The van der Waals surface area contributed by atoms with Crippen molar-refractivity contribution in [3.8, 4) is 11.5 Å². The third-order valence-electron chi connectivity index (χ3n) is 5.68. The first kappa shape index (κ1) is 15.7. The van der Waals surface area contributed by atoms with Crippen molar-refractivity contribution in [2.24, 2.45) is 11.3 Å². The minimum absolute atomic E-state index is 0.0672. The number of benzene rings is 1. The molecule has 0 bridgehead atoms. The number of ether oxygens (including phenoxy) is 1. The molecule has 3 rings (SSSR count). The molecule has 1 heterocycles. The van der Waals surface area contributed by atoms with Crippen LogP contribution in [0.2, 0.25) is 0 Å². The first-order valence-electron chi connectivity index (χ1n) is 8.81. The number of rotatable bonds is 2. The average molecular weight is 302 g/mol. The fourth-order valence-corrected chi connectivity index (χ4v) is 4.80. The van der Waals surface area contributed by atoms with Gasteiger partial charge in [0.1, 0.15) is 17.1 Å². The highest BCUT2D eigenvalue weighted by molar-refractivity contribution is 5.52. The maximum absolute atomic E-state index is 10.7. The van der Waals surface area contributed by atoms with Gasteiger partial charge in [0.2, 0.25) is 0 Å². The van der Waals surface area contributed by atoms with E-state index >= 15 is 0 Å². The molecule has 0 aromatic heterocycles. The number of aryl methyl sites for hydroxylation is 1. The summed E-state index contributed by atoms with van der Waals surface area (Å²) >= 11 is 0. The van der Waals surface area contributed by atoms with E-state index in [2.05, 4.69) is 40.7 Å². The fourth-order valence-electron chi connectivity index (χ4n) is 4.80. The lowest BCUT2D eigenvalue weighted by atomic mass is 9.63. The summed E-state index contributed by atoms with van der Waals surface area (Å²) in [6.07, 6.45) is 5.63. The normalized spacial score (nSPS) is 30.6. The lowest BCUT2D eigenvalue weighted by Gasteiger charge is -2.48. The highest BCUT2D eigenvalue weighted by Crippen LogP contribution is 2.60. The van der Waals surface area contributed by atoms with Crippen LogP contribution in [0.1, 0.15) is 77.3 Å². The third-order valence-corrected chi connectivity index (χ3v) is 5.68. The Morgan fingerprint density at radius 3 is 2.68 bits per heavy atom. The molecule has 3 atom stereocenters. The Hall–Kier alpha value is -1.18. The second kappa shape index (κ2) is 5.18. The van der Waals surface area contributed by atoms with Gasteiger partial charge in [-0.2, -0.15) is 0 Å². The third kappa shape index (κ3) is 2.41. The van der Waals surface area contributed by atoms with Crippen LogP contribution in [0.25, 0.3) is 0 Å². The van der Waals surface area contributed by atoms with Crippen molar-refractivity contribution >= 4 is 0 Å². The number of phenols is 1. The minimum Gasteiger partial charge on any atom is -0.508 e. The van der Waals surface area contributed by atoms with Gasteiger partial charge in [0.15, 0.2) is 0 Å². The number of phenolic OH excluding ortho intramolecular Hbond substituents is 1. The minimum atomic E-state index is -0.0672. The van der Waals surface area contributed by atoms with E-state index < -0.39 is 0 Å². The zero-order valence-corrected chi connectivity index (χ0v) is 14.7. The van der Waals surface area contributed by atoms with Crippen molar-refractivity contribution in [3.05, 3.63) is 23.3 Å². The number of aromatic hydroxyl groups is 1. The molecule has 22 heavy (non-hydrogen) atoms. The van der Waals surface area contributed by atoms with E-state index in [0.717, 1.165) is 30.6 Å². The molecular weight excluding hydrogens is 272 g/mol. The van der Waals surface area contributed by atoms with E-state index in [4.69, 9.17) is 4.74 Å². The van der Waals surface area contributed by atoms with Gasteiger partial charge in [-0.05, 0) is 55.7 Å². The van der Waals surface area contributed by atoms with Gasteiger partial charge >= 0.3 is 0 Å². The summed E-state index contributed by atoms with van der Waals surface area (Å²) < 4.78 is 6.48. The van der Waals surface area contributed by atoms with Crippen LogP contribution in [0.3, 0.4) is 0 Å². The summed E-state index contributed by atoms with van der Waals surface area (Å²) in [5.74, 6) is 2.24. The van der Waals surface area contributed by atoms with Crippen LogP contribution in [0.4, 0.5) is 0 Å². The molecule has 0 saturated heterocycles. The van der Waals surface area contributed by atoms with Gasteiger partial charge in [-0.1, -0.05) is 34.1 Å². The van der Waals surface area contributed by atoms with Crippen molar-refractivity contribution in [1.82, 2.24) is 0 Å². The molecule has 1 N–H and O–H groups in total. The highest BCUT2D eigenvalue weighted by atomic mass is 16.5. The molecule has 0 unspecified atom stereocenters. The van der Waals surface area contributed by atoms with E-state index in [-0.39, 0.29) is 11.0 Å². The van der Waals surface area contributed by atoms with Crippen LogP contribution >= 0.6 is 0 Å². The van der Waals surface area contributed by atoms with Crippen molar-refractivity contribution in [3.63, 3.8) is 0 Å². The average Bonchev–Trinajstić information content (AvgIpc) is 2.75. The van der Waals surface area contributed by atoms with Crippen LogP contribution in [-0.4, -0.2) is 10.7 Å². The Morgan fingerprint density at radius 2 is 2.05 bits per heavy atom. The van der Waals surface area contributed by atoms with E-state index in [1.807, 2.05) is 6.07 Å². The van der Waals surface area contributed by atoms with Crippen LogP contribution in [0.5, 0.6) is 11.5 Å². The molecule has 1 aliphatic carbocycles. The maximum Gasteiger partial charge on any atom is 0.127 e. The Morgan fingerprint density at radius 1 is 1.32 bits per heavy atom. The van der Waals surface area contributed by atoms with Gasteiger partial charge in [0.25, 0.3) is 0 Å². The van der Waals surface area contributed by atoms with Crippen LogP contribution in [0.15, 0.2) is 12.1 Å². The summed E-state index contributed by atoms with van der Waals surface area (Å²) in [7, 11) is 0. The maximum atomic E-state index is 10.7. The Bertz CT molecular complexity index is 570. The molecule has 0 amide bonds. The largest absolute Gasteiger partial charge is 0.508 e. The summed E-state index contributed by atoms with van der Waals surface area (Å²) in [6, 6.07) is 4.14. The fraction of sp³-hybridized carbons (Fsp3) is 0.700. The van der Waals surface area contributed by atoms with E-state index in [1.54, 1.807) is 0 Å². The van der Waals surface area contributed by atoms with Crippen molar-refractivity contribution < 1.29 is 9.84 Å². The standard InChI is InChI=1S/C20H30O2/c1-6-8-13-11-15(21)17-16(12-13)22-20(5)10-7-9-14(20)18(17)19(2,3)4/h11-12,14,18,21H,6-10H2,1-5H3/t14-,18+,20-/m1/s1. The zero-order chi connectivity index (χ0) is 16.1. The lowest BCUT2D eigenvalue weighted by molar-refractivity contribution is -0.00716. The molecule has 1 aliphatic heterocycles. The first-order valence-corrected chi connectivity index (χ1v) is 8.81. The quantitative estimate of drug-likeness (QED) is 0.789. The van der Waals surface area contributed by atoms with Crippen LogP contribution in [-0.2, 0) is 6.42 Å². The Kier molecular flexibility index (Phi) is 3.70. The molecular formula is C20H30O2. The Balaban J connectivity index is 2.16. The number of hydrogen-bond donors (Lipinski definition) is 1. The van der Waals surface area contributed by atoms with Crippen LogP contribution < -0.4 is 4.74 Å². The van der Waals surface area contributed by atoms with Gasteiger partial charge in [-0.25, -0.2) is 0 Å². The van der Waals surface area contributed by atoms with Crippen LogP contribution in [0, 0.1) is 11.3 Å². The highest BCUT2D eigenvalue weighted by Gasteiger charge is 2.53. The Labute approximate surface area is 134 Å². The summed E-state index contributed by atoms with van der Waals surface area (Å²) in [5, 5.41) is 10.7. The molecule has 1 fully saturated rings. The smallest absolute Gasteiger partial charge is 0.127 e. The molecule has 1 aromatic rings. The van der Waals surface area contributed by atoms with Gasteiger partial charge in [0.05, 0.1) is 0 Å². The molecule has 1 aromatic carbocycles. The molecule has 2 nitrogen and oxygen atoms in total. The van der Waals surface area contributed by atoms with Crippen molar-refractivity contribution in [2.75, 3.05) is 0 Å². The van der Waals surface area contributed by atoms with Gasteiger partial charge < -0.3 is 9.84 Å². The van der Waals surface area contributed by atoms with E-state index in [1.165, 1.54) is 18.4 Å². The molecule has 0 spiro atoms. The number of hydrogen-bond acceptors (Lipinski definition) is 2. The summed E-state index contributed by atoms with van der Waals surface area (Å²) in [5.41, 5.74) is 2.30. The zero-order valence-electron chi connectivity index (χ0n) is 14.7. The van der Waals surface area contributed by atoms with Gasteiger partial charge in [0, 0.05) is 17.4 Å². The predicted molar refractivity (Wildman–Crippen MR) is 90.7 cm³/mol. The SMILES string of the molecule is CCCc1cc(O)c2c(c1)O[C@]1(C)CCC[C@@H]1[C@@H]2C(C)(C)C. The molecule has 2 aliphatic rings. The van der Waals surface area contributed by atoms with Crippen molar-refractivity contribution in [2.45, 2.75) is 78.2 Å².